The van der Waals surface area contributed by atoms with Crippen molar-refractivity contribution in [1.29, 1.82) is 5.26 Å². The molecule has 3 aromatic rings. The van der Waals surface area contributed by atoms with Crippen LogP contribution in [0.4, 0.5) is 8.78 Å². The Morgan fingerprint density at radius 2 is 1.97 bits per heavy atom. The van der Waals surface area contributed by atoms with Gasteiger partial charge in [0.15, 0.2) is 17.3 Å². The predicted octanol–water partition coefficient (Wildman–Crippen LogP) is 3.75. The van der Waals surface area contributed by atoms with Crippen LogP contribution in [0.25, 0.3) is 17.1 Å². The van der Waals surface area contributed by atoms with Crippen LogP contribution in [-0.2, 0) is 0 Å². The maximum absolute atomic E-state index is 14.7. The second-order valence-corrected chi connectivity index (χ2v) is 8.70. The van der Waals surface area contributed by atoms with E-state index in [0.717, 1.165) is 12.8 Å². The van der Waals surface area contributed by atoms with Crippen LogP contribution in [0.1, 0.15) is 46.9 Å². The normalized spacial score (nSPS) is 17.6. The van der Waals surface area contributed by atoms with Gasteiger partial charge in [-0.1, -0.05) is 0 Å². The van der Waals surface area contributed by atoms with E-state index in [1.807, 2.05) is 0 Å². The van der Waals surface area contributed by atoms with E-state index in [1.54, 1.807) is 27.7 Å². The molecule has 2 aliphatic rings. The number of carbonyl (C=O) groups excluding carboxylic acids is 1. The molecule has 9 heteroatoms. The average Bonchev–Trinajstić information content (AvgIpc) is 3.45. The van der Waals surface area contributed by atoms with Crippen LogP contribution in [0, 0.1) is 23.0 Å². The molecule has 1 atom stereocenters. The summed E-state index contributed by atoms with van der Waals surface area (Å²) in [5, 5.41) is 9.11. The number of amides is 1. The minimum Gasteiger partial charge on any atom is -0.494 e. The van der Waals surface area contributed by atoms with Gasteiger partial charge in [-0.3, -0.25) is 9.36 Å². The van der Waals surface area contributed by atoms with E-state index in [0.29, 0.717) is 42.3 Å². The predicted molar refractivity (Wildman–Crippen MR) is 121 cm³/mol. The Kier molecular flexibility index (Phi) is 5.54. The topological polar surface area (TPSA) is 97.2 Å². The van der Waals surface area contributed by atoms with E-state index in [-0.39, 0.29) is 34.9 Å². The summed E-state index contributed by atoms with van der Waals surface area (Å²) in [6.45, 7) is 0.975. The number of hydrogen-bond acceptors (Lipinski definition) is 5. The largest absolute Gasteiger partial charge is 0.494 e. The molecule has 1 saturated heterocycles. The van der Waals surface area contributed by atoms with Gasteiger partial charge in [0.2, 0.25) is 0 Å². The summed E-state index contributed by atoms with van der Waals surface area (Å²) in [6, 6.07) is 10.4. The second kappa shape index (κ2) is 8.54. The van der Waals surface area contributed by atoms with Crippen molar-refractivity contribution in [3.8, 4) is 28.9 Å². The van der Waals surface area contributed by atoms with Crippen molar-refractivity contribution in [3.05, 3.63) is 65.0 Å². The zero-order valence-electron chi connectivity index (χ0n) is 18.6. The SMILES string of the molecule is COc1ccc(-n2c(-c3ccc(C#N)c(F)c3)nc(C(=O)N3CC[C@@H](N)C3)c2C2CC2)cc1F. The summed E-state index contributed by atoms with van der Waals surface area (Å²) in [5.41, 5.74) is 7.70. The molecule has 34 heavy (non-hydrogen) atoms. The maximum Gasteiger partial charge on any atom is 0.274 e. The number of aromatic nitrogens is 2. The van der Waals surface area contributed by atoms with Crippen LogP contribution < -0.4 is 10.5 Å². The van der Waals surface area contributed by atoms with Gasteiger partial charge < -0.3 is 15.4 Å². The summed E-state index contributed by atoms with van der Waals surface area (Å²) in [7, 11) is 1.38. The number of nitrogens with zero attached hydrogens (tertiary/aromatic N) is 4. The maximum atomic E-state index is 14.7. The van der Waals surface area contributed by atoms with Crippen molar-refractivity contribution in [3.63, 3.8) is 0 Å². The number of nitrogens with two attached hydrogens (primary N) is 1. The number of hydrogen-bond donors (Lipinski definition) is 1. The molecule has 174 valence electrons. The van der Waals surface area contributed by atoms with Gasteiger partial charge in [-0.05, 0) is 49.6 Å². The molecule has 0 radical (unpaired) electrons. The molecular weight excluding hydrogens is 440 g/mol. The Morgan fingerprint density at radius 1 is 1.18 bits per heavy atom. The third-order valence-electron chi connectivity index (χ3n) is 6.33. The van der Waals surface area contributed by atoms with Gasteiger partial charge in [-0.2, -0.15) is 5.26 Å². The first-order valence-electron chi connectivity index (χ1n) is 11.1. The number of carbonyl (C=O) groups is 1. The van der Waals surface area contributed by atoms with Crippen molar-refractivity contribution in [2.45, 2.75) is 31.2 Å². The molecule has 2 aromatic carbocycles. The lowest BCUT2D eigenvalue weighted by atomic mass is 10.1. The number of benzene rings is 2. The van der Waals surface area contributed by atoms with E-state index in [4.69, 9.17) is 15.7 Å². The van der Waals surface area contributed by atoms with Gasteiger partial charge in [0.1, 0.15) is 17.7 Å². The molecule has 5 rings (SSSR count). The standard InChI is InChI=1S/C25H23F2N5O2/c1-34-21-7-6-18(11-20(21)27)32-23(14-2-3-14)22(25(33)31-9-8-17(29)13-31)30-24(32)15-4-5-16(12-28)19(26)10-15/h4-7,10-11,14,17H,2-3,8-9,13,29H2,1H3/t17-/m1/s1. The Hall–Kier alpha value is -3.77. The van der Waals surface area contributed by atoms with E-state index in [1.165, 1.54) is 31.4 Å². The summed E-state index contributed by atoms with van der Waals surface area (Å²) < 4.78 is 36.0. The van der Waals surface area contributed by atoms with Gasteiger partial charge in [-0.25, -0.2) is 13.8 Å². The third kappa shape index (κ3) is 3.80. The first kappa shape index (κ1) is 22.0. The number of halogens is 2. The first-order chi connectivity index (χ1) is 16.4. The van der Waals surface area contributed by atoms with Gasteiger partial charge in [0, 0.05) is 36.7 Å². The zero-order valence-corrected chi connectivity index (χ0v) is 18.6. The van der Waals surface area contributed by atoms with Crippen LogP contribution in [0.15, 0.2) is 36.4 Å². The number of rotatable bonds is 5. The number of likely N-dealkylation sites (tertiary alicyclic amines) is 1. The smallest absolute Gasteiger partial charge is 0.274 e. The van der Waals surface area contributed by atoms with E-state index in [2.05, 4.69) is 4.98 Å². The van der Waals surface area contributed by atoms with Crippen LogP contribution >= 0.6 is 0 Å². The highest BCUT2D eigenvalue weighted by atomic mass is 19.1. The minimum absolute atomic E-state index is 0.0740. The minimum atomic E-state index is -0.693. The Bertz CT molecular complexity index is 1330. The summed E-state index contributed by atoms with van der Waals surface area (Å²) >= 11 is 0. The van der Waals surface area contributed by atoms with Crippen molar-refractivity contribution in [2.24, 2.45) is 5.73 Å². The first-order valence-corrected chi connectivity index (χ1v) is 11.1. The van der Waals surface area contributed by atoms with Crippen LogP contribution in [0.3, 0.4) is 0 Å². The fourth-order valence-electron chi connectivity index (χ4n) is 4.44. The lowest BCUT2D eigenvalue weighted by Crippen LogP contribution is -2.32. The highest BCUT2D eigenvalue weighted by Gasteiger charge is 2.38. The summed E-state index contributed by atoms with van der Waals surface area (Å²) in [5.74, 6) is -1.03. The van der Waals surface area contributed by atoms with Crippen LogP contribution in [0.5, 0.6) is 5.75 Å². The molecule has 2 fully saturated rings. The molecule has 7 nitrogen and oxygen atoms in total. The van der Waals surface area contributed by atoms with Gasteiger partial charge >= 0.3 is 0 Å². The van der Waals surface area contributed by atoms with E-state index in [9.17, 15) is 13.6 Å². The number of nitriles is 1. The van der Waals surface area contributed by atoms with Gasteiger partial charge in [0.25, 0.3) is 5.91 Å². The average molecular weight is 463 g/mol. The summed E-state index contributed by atoms with van der Waals surface area (Å²) in [4.78, 5) is 19.9. The molecule has 0 spiro atoms. The van der Waals surface area contributed by atoms with E-state index >= 15 is 0 Å². The molecule has 2 N–H and O–H groups in total. The summed E-state index contributed by atoms with van der Waals surface area (Å²) in [6.07, 6.45) is 2.44. The molecule has 1 aromatic heterocycles. The molecule has 1 aliphatic carbocycles. The second-order valence-electron chi connectivity index (χ2n) is 8.70. The van der Waals surface area contributed by atoms with E-state index < -0.39 is 11.6 Å². The molecular formula is C25H23F2N5O2. The third-order valence-corrected chi connectivity index (χ3v) is 6.33. The highest BCUT2D eigenvalue weighted by Crippen LogP contribution is 2.45. The number of ether oxygens (including phenoxy) is 1. The highest BCUT2D eigenvalue weighted by molar-refractivity contribution is 5.95. The molecule has 2 heterocycles. The molecule has 0 bridgehead atoms. The van der Waals surface area contributed by atoms with Crippen LogP contribution in [0.2, 0.25) is 0 Å². The zero-order chi connectivity index (χ0) is 24.0. The van der Waals surface area contributed by atoms with Crippen molar-refractivity contribution < 1.29 is 18.3 Å². The molecule has 0 unspecified atom stereocenters. The fourth-order valence-corrected chi connectivity index (χ4v) is 4.44. The molecule has 1 amide bonds. The van der Waals surface area contributed by atoms with Crippen molar-refractivity contribution >= 4 is 5.91 Å². The lowest BCUT2D eigenvalue weighted by molar-refractivity contribution is 0.0784. The van der Waals surface area contributed by atoms with Gasteiger partial charge in [-0.15, -0.1) is 0 Å². The Labute approximate surface area is 195 Å². The van der Waals surface area contributed by atoms with Gasteiger partial charge in [0.05, 0.1) is 24.1 Å². The van der Waals surface area contributed by atoms with Crippen molar-refractivity contribution in [2.75, 3.05) is 20.2 Å². The monoisotopic (exact) mass is 463 g/mol. The number of imidazole rings is 1. The Balaban J connectivity index is 1.73. The quantitative estimate of drug-likeness (QED) is 0.622. The fraction of sp³-hybridized carbons (Fsp3) is 0.320. The lowest BCUT2D eigenvalue weighted by Gasteiger charge is -2.16. The Morgan fingerprint density at radius 3 is 2.56 bits per heavy atom. The van der Waals surface area contributed by atoms with Crippen LogP contribution in [-0.4, -0.2) is 46.6 Å². The molecule has 1 aliphatic heterocycles. The number of methoxy groups -OCH3 is 1. The molecule has 1 saturated carbocycles. The van der Waals surface area contributed by atoms with Crippen molar-refractivity contribution in [1.82, 2.24) is 14.5 Å².